The van der Waals surface area contributed by atoms with E-state index in [0.717, 1.165) is 11.3 Å². The number of aromatic carboxylic acids is 1. The molecule has 2 aromatic carbocycles. The average Bonchev–Trinajstić information content (AvgIpc) is 3.03. The predicted octanol–water partition coefficient (Wildman–Crippen LogP) is 2.36. The lowest BCUT2D eigenvalue weighted by Crippen LogP contribution is -2.51. The molecule has 6 nitrogen and oxygen atoms in total. The minimum Gasteiger partial charge on any atom is -0.478 e. The number of carboxylic acids is 1. The summed E-state index contributed by atoms with van der Waals surface area (Å²) in [5.74, 6) is -1.01. The van der Waals surface area contributed by atoms with Crippen LogP contribution in [0.4, 0.5) is 5.69 Å². The summed E-state index contributed by atoms with van der Waals surface area (Å²) in [6.07, 6.45) is 0.252. The fourth-order valence-electron chi connectivity index (χ4n) is 3.76. The van der Waals surface area contributed by atoms with Crippen molar-refractivity contribution >= 4 is 23.5 Å². The van der Waals surface area contributed by atoms with E-state index in [0.29, 0.717) is 19.6 Å². The monoisotopic (exact) mass is 364 g/mol. The Morgan fingerprint density at radius 3 is 2.22 bits per heavy atom. The third-order valence-corrected chi connectivity index (χ3v) is 5.36. The zero-order chi connectivity index (χ0) is 19.0. The maximum Gasteiger partial charge on any atom is 0.335 e. The number of para-hydroxylation sites is 1. The number of hydrogen-bond donors (Lipinski definition) is 1. The van der Waals surface area contributed by atoms with Gasteiger partial charge in [-0.05, 0) is 29.8 Å². The highest BCUT2D eigenvalue weighted by Gasteiger charge is 2.41. The van der Waals surface area contributed by atoms with Gasteiger partial charge >= 0.3 is 5.97 Å². The van der Waals surface area contributed by atoms with Crippen LogP contribution in [0.1, 0.15) is 28.3 Å². The van der Waals surface area contributed by atoms with Crippen LogP contribution in [-0.4, -0.2) is 47.4 Å². The third kappa shape index (κ3) is 3.30. The van der Waals surface area contributed by atoms with Gasteiger partial charge in [0.25, 0.3) is 0 Å². The molecule has 1 unspecified atom stereocenters. The summed E-state index contributed by atoms with van der Waals surface area (Å²) in [6.45, 7) is 1.65. The van der Waals surface area contributed by atoms with Crippen LogP contribution in [0.15, 0.2) is 54.6 Å². The number of amides is 2. The summed E-state index contributed by atoms with van der Waals surface area (Å²) < 4.78 is 0. The Kier molecular flexibility index (Phi) is 4.39. The van der Waals surface area contributed by atoms with Gasteiger partial charge in [-0.2, -0.15) is 0 Å². The second kappa shape index (κ2) is 6.87. The Morgan fingerprint density at radius 1 is 0.926 bits per heavy atom. The van der Waals surface area contributed by atoms with Crippen LogP contribution in [0.25, 0.3) is 0 Å². The van der Waals surface area contributed by atoms with Crippen LogP contribution in [-0.2, 0) is 9.59 Å². The summed E-state index contributed by atoms with van der Waals surface area (Å²) in [5.41, 5.74) is 2.13. The first-order valence-corrected chi connectivity index (χ1v) is 9.00. The maximum absolute atomic E-state index is 12.7. The fraction of sp³-hybridized carbons (Fsp3) is 0.286. The highest BCUT2D eigenvalue weighted by molar-refractivity contribution is 6.00. The van der Waals surface area contributed by atoms with Crippen molar-refractivity contribution in [3.05, 3.63) is 65.7 Å². The van der Waals surface area contributed by atoms with Crippen molar-refractivity contribution in [2.45, 2.75) is 12.3 Å². The highest BCUT2D eigenvalue weighted by atomic mass is 16.4. The minimum atomic E-state index is -0.944. The highest BCUT2D eigenvalue weighted by Crippen LogP contribution is 2.32. The molecule has 0 bridgehead atoms. The van der Waals surface area contributed by atoms with Gasteiger partial charge in [0.05, 0.1) is 11.5 Å². The fourth-order valence-corrected chi connectivity index (χ4v) is 3.76. The topological polar surface area (TPSA) is 77.9 Å². The van der Waals surface area contributed by atoms with Gasteiger partial charge in [0.15, 0.2) is 0 Å². The van der Waals surface area contributed by atoms with Crippen molar-refractivity contribution in [2.24, 2.45) is 5.92 Å². The number of carboxylic acid groups (broad SMARTS) is 1. The minimum absolute atomic E-state index is 0.0131. The van der Waals surface area contributed by atoms with Gasteiger partial charge in [-0.15, -0.1) is 0 Å². The zero-order valence-corrected chi connectivity index (χ0v) is 14.7. The van der Waals surface area contributed by atoms with E-state index in [2.05, 4.69) is 0 Å². The van der Waals surface area contributed by atoms with Gasteiger partial charge in [-0.3, -0.25) is 9.59 Å². The van der Waals surface area contributed by atoms with Crippen LogP contribution < -0.4 is 4.90 Å². The Morgan fingerprint density at radius 2 is 1.59 bits per heavy atom. The van der Waals surface area contributed by atoms with Crippen LogP contribution >= 0.6 is 0 Å². The van der Waals surface area contributed by atoms with Crippen molar-refractivity contribution in [3.8, 4) is 0 Å². The zero-order valence-electron chi connectivity index (χ0n) is 14.7. The van der Waals surface area contributed by atoms with E-state index < -0.39 is 5.97 Å². The number of carbonyl (C=O) groups is 3. The molecule has 0 spiro atoms. The summed E-state index contributed by atoms with van der Waals surface area (Å²) in [7, 11) is 0. The molecule has 0 aromatic heterocycles. The van der Waals surface area contributed by atoms with Crippen molar-refractivity contribution in [2.75, 3.05) is 24.5 Å². The molecule has 0 radical (unpaired) electrons. The SMILES string of the molecule is O=C(O)c1ccc(C2CN(C(=O)C3CC(=O)N(c4ccccc4)C3)C2)cc1. The number of anilines is 1. The molecule has 2 aromatic rings. The van der Waals surface area contributed by atoms with Gasteiger partial charge in [0.1, 0.15) is 0 Å². The van der Waals surface area contributed by atoms with Crippen molar-refractivity contribution in [1.82, 2.24) is 4.90 Å². The number of rotatable bonds is 4. The van der Waals surface area contributed by atoms with E-state index in [9.17, 15) is 14.4 Å². The molecule has 2 amide bonds. The summed E-state index contributed by atoms with van der Waals surface area (Å²) >= 11 is 0. The van der Waals surface area contributed by atoms with Crippen LogP contribution in [0.2, 0.25) is 0 Å². The Bertz CT molecular complexity index is 873. The quantitative estimate of drug-likeness (QED) is 0.903. The third-order valence-electron chi connectivity index (χ3n) is 5.36. The standard InChI is InChI=1S/C21H20N2O4/c24-19-10-16(13-23(19)18-4-2-1-3-5-18)20(25)22-11-17(12-22)14-6-8-15(9-7-14)21(26)27/h1-9,16-17H,10-13H2,(H,26,27). The lowest BCUT2D eigenvalue weighted by atomic mass is 9.89. The molecular weight excluding hydrogens is 344 g/mol. The Balaban J connectivity index is 1.35. The number of hydrogen-bond acceptors (Lipinski definition) is 3. The van der Waals surface area contributed by atoms with Gasteiger partial charge in [0.2, 0.25) is 11.8 Å². The second-order valence-electron chi connectivity index (χ2n) is 7.11. The normalized spacial score (nSPS) is 19.9. The molecule has 138 valence electrons. The van der Waals surface area contributed by atoms with Gasteiger partial charge < -0.3 is 14.9 Å². The summed E-state index contributed by atoms with van der Waals surface area (Å²) in [5, 5.41) is 8.96. The molecule has 2 aliphatic rings. The molecule has 2 fully saturated rings. The molecule has 1 N–H and O–H groups in total. The smallest absolute Gasteiger partial charge is 0.335 e. The first kappa shape index (κ1) is 17.3. The molecule has 1 atom stereocenters. The molecule has 2 heterocycles. The lowest BCUT2D eigenvalue weighted by Gasteiger charge is -2.41. The molecule has 6 heteroatoms. The van der Waals surface area contributed by atoms with Crippen molar-refractivity contribution < 1.29 is 19.5 Å². The maximum atomic E-state index is 12.7. The Labute approximate surface area is 157 Å². The molecule has 2 aliphatic heterocycles. The first-order valence-electron chi connectivity index (χ1n) is 9.00. The van der Waals surface area contributed by atoms with Gasteiger partial charge in [-0.1, -0.05) is 30.3 Å². The van der Waals surface area contributed by atoms with E-state index in [-0.39, 0.29) is 35.6 Å². The van der Waals surface area contributed by atoms with Gasteiger partial charge in [0, 0.05) is 37.7 Å². The number of benzene rings is 2. The van der Waals surface area contributed by atoms with Crippen LogP contribution in [0.5, 0.6) is 0 Å². The number of likely N-dealkylation sites (tertiary alicyclic amines) is 1. The van der Waals surface area contributed by atoms with Crippen LogP contribution in [0.3, 0.4) is 0 Å². The lowest BCUT2D eigenvalue weighted by molar-refractivity contribution is -0.140. The summed E-state index contributed by atoms with van der Waals surface area (Å²) in [6, 6.07) is 16.2. The second-order valence-corrected chi connectivity index (χ2v) is 7.11. The van der Waals surface area contributed by atoms with E-state index in [1.54, 1.807) is 21.9 Å². The molecule has 0 aliphatic carbocycles. The van der Waals surface area contributed by atoms with E-state index in [1.807, 2.05) is 42.5 Å². The van der Waals surface area contributed by atoms with Crippen molar-refractivity contribution in [3.63, 3.8) is 0 Å². The number of nitrogens with zero attached hydrogens (tertiary/aromatic N) is 2. The van der Waals surface area contributed by atoms with Crippen molar-refractivity contribution in [1.29, 1.82) is 0 Å². The molecule has 0 saturated carbocycles. The largest absolute Gasteiger partial charge is 0.478 e. The Hall–Kier alpha value is -3.15. The van der Waals surface area contributed by atoms with E-state index >= 15 is 0 Å². The number of carbonyl (C=O) groups excluding carboxylic acids is 2. The van der Waals surface area contributed by atoms with Gasteiger partial charge in [-0.25, -0.2) is 4.79 Å². The summed E-state index contributed by atoms with van der Waals surface area (Å²) in [4.78, 5) is 39.4. The molecular formula is C21H20N2O4. The van der Waals surface area contributed by atoms with E-state index in [1.165, 1.54) is 0 Å². The van der Waals surface area contributed by atoms with E-state index in [4.69, 9.17) is 5.11 Å². The first-order chi connectivity index (χ1) is 13.0. The average molecular weight is 364 g/mol. The molecule has 2 saturated heterocycles. The van der Waals surface area contributed by atoms with Crippen LogP contribution in [0, 0.1) is 5.92 Å². The molecule has 27 heavy (non-hydrogen) atoms. The molecule has 4 rings (SSSR count). The predicted molar refractivity (Wildman–Crippen MR) is 99.6 cm³/mol.